The minimum Gasteiger partial charge on any atom is -0.304 e. The number of benzene rings is 1. The molecule has 3 atom stereocenters. The fraction of sp³-hybridized carbons (Fsp3) is 0.588. The zero-order chi connectivity index (χ0) is 14.8. The van der Waals surface area contributed by atoms with Crippen LogP contribution in [-0.2, 0) is 11.2 Å². The molecule has 3 unspecified atom stereocenters. The minimum absolute atomic E-state index is 0.0974. The average Bonchev–Trinajstić information content (AvgIpc) is 2.49. The Hall–Kier alpha value is -0.930. The van der Waals surface area contributed by atoms with Crippen LogP contribution in [0.25, 0.3) is 0 Å². The van der Waals surface area contributed by atoms with Crippen molar-refractivity contribution in [1.29, 1.82) is 0 Å². The maximum Gasteiger partial charge on any atom is 0.154 e. The van der Waals surface area contributed by atoms with E-state index in [0.29, 0.717) is 16.6 Å². The van der Waals surface area contributed by atoms with Crippen LogP contribution >= 0.6 is 11.6 Å². The predicted molar refractivity (Wildman–Crippen MR) is 82.0 cm³/mol. The van der Waals surface area contributed by atoms with Crippen LogP contribution in [0, 0.1) is 11.7 Å². The lowest BCUT2D eigenvalue weighted by molar-refractivity contribution is -0.121. The topological polar surface area (TPSA) is 29.1 Å². The summed E-state index contributed by atoms with van der Waals surface area (Å²) >= 11 is 5.74. The summed E-state index contributed by atoms with van der Waals surface area (Å²) in [6.07, 6.45) is 7.18. The first-order chi connectivity index (χ1) is 10.1. The van der Waals surface area contributed by atoms with Gasteiger partial charge in [0.15, 0.2) is 5.78 Å². The molecule has 0 radical (unpaired) electrons. The highest BCUT2D eigenvalue weighted by Crippen LogP contribution is 2.32. The van der Waals surface area contributed by atoms with Gasteiger partial charge in [0, 0.05) is 17.5 Å². The van der Waals surface area contributed by atoms with Crippen molar-refractivity contribution in [1.82, 2.24) is 5.32 Å². The molecule has 0 spiro atoms. The molecule has 0 bridgehead atoms. The molecule has 3 rings (SSSR count). The maximum atomic E-state index is 13.8. The standard InChI is InChI=1S/C17H21ClFNO/c18-13-7-5-12(14(19)10-13)9-17(21)16-8-6-11-3-1-2-4-15(11)20-16/h5,7,10-11,15-16,20H,1-4,6,8-9H2. The van der Waals surface area contributed by atoms with E-state index in [1.807, 2.05) is 0 Å². The van der Waals surface area contributed by atoms with E-state index in [0.717, 1.165) is 18.8 Å². The van der Waals surface area contributed by atoms with Crippen LogP contribution in [0.3, 0.4) is 0 Å². The third-order valence-corrected chi connectivity index (χ3v) is 5.15. The number of ketones is 1. The number of fused-ring (bicyclic) bond motifs is 1. The van der Waals surface area contributed by atoms with Gasteiger partial charge < -0.3 is 5.32 Å². The second kappa shape index (κ2) is 6.45. The van der Waals surface area contributed by atoms with E-state index in [2.05, 4.69) is 5.32 Å². The van der Waals surface area contributed by atoms with Gasteiger partial charge in [-0.15, -0.1) is 0 Å². The van der Waals surface area contributed by atoms with Gasteiger partial charge >= 0.3 is 0 Å². The van der Waals surface area contributed by atoms with Gasteiger partial charge in [0.25, 0.3) is 0 Å². The Morgan fingerprint density at radius 1 is 1.24 bits per heavy atom. The Morgan fingerprint density at radius 3 is 2.86 bits per heavy atom. The van der Waals surface area contributed by atoms with Crippen molar-refractivity contribution in [3.8, 4) is 0 Å². The van der Waals surface area contributed by atoms with Crippen LogP contribution < -0.4 is 5.32 Å². The number of piperidine rings is 1. The van der Waals surface area contributed by atoms with Gasteiger partial charge in [0.1, 0.15) is 5.82 Å². The van der Waals surface area contributed by atoms with E-state index in [1.54, 1.807) is 12.1 Å². The molecule has 1 saturated carbocycles. The molecule has 4 heteroatoms. The summed E-state index contributed by atoms with van der Waals surface area (Å²) in [4.78, 5) is 12.4. The van der Waals surface area contributed by atoms with Gasteiger partial charge in [0.2, 0.25) is 0 Å². The Bertz CT molecular complexity index is 534. The second-order valence-corrected chi connectivity index (χ2v) is 6.76. The average molecular weight is 310 g/mol. The second-order valence-electron chi connectivity index (χ2n) is 6.33. The molecule has 2 fully saturated rings. The Kier molecular flexibility index (Phi) is 4.60. The van der Waals surface area contributed by atoms with Crippen molar-refractivity contribution in [2.24, 2.45) is 5.92 Å². The molecular formula is C17H21ClFNO. The van der Waals surface area contributed by atoms with E-state index in [4.69, 9.17) is 11.6 Å². The number of carbonyl (C=O) groups excluding carboxylic acids is 1. The van der Waals surface area contributed by atoms with Gasteiger partial charge in [-0.3, -0.25) is 4.79 Å². The maximum absolute atomic E-state index is 13.8. The lowest BCUT2D eigenvalue weighted by atomic mass is 9.77. The Balaban J connectivity index is 1.63. The van der Waals surface area contributed by atoms with Crippen molar-refractivity contribution >= 4 is 17.4 Å². The molecule has 1 saturated heterocycles. The summed E-state index contributed by atoms with van der Waals surface area (Å²) in [6, 6.07) is 4.90. The van der Waals surface area contributed by atoms with Crippen molar-refractivity contribution in [2.45, 2.75) is 57.0 Å². The van der Waals surface area contributed by atoms with Gasteiger partial charge in [-0.25, -0.2) is 4.39 Å². The van der Waals surface area contributed by atoms with Gasteiger partial charge in [-0.1, -0.05) is 30.5 Å². The summed E-state index contributed by atoms with van der Waals surface area (Å²) in [6.45, 7) is 0. The zero-order valence-corrected chi connectivity index (χ0v) is 12.8. The van der Waals surface area contributed by atoms with Gasteiger partial charge in [0.05, 0.1) is 6.04 Å². The van der Waals surface area contributed by atoms with Crippen molar-refractivity contribution < 1.29 is 9.18 Å². The van der Waals surface area contributed by atoms with E-state index in [-0.39, 0.29) is 24.1 Å². The van der Waals surface area contributed by atoms with E-state index in [9.17, 15) is 9.18 Å². The number of hydrogen-bond donors (Lipinski definition) is 1. The number of halogens is 2. The molecule has 0 amide bonds. The zero-order valence-electron chi connectivity index (χ0n) is 12.1. The monoisotopic (exact) mass is 309 g/mol. The van der Waals surface area contributed by atoms with Crippen LogP contribution in [0.15, 0.2) is 18.2 Å². The quantitative estimate of drug-likeness (QED) is 0.917. The fourth-order valence-corrected chi connectivity index (χ4v) is 3.88. The van der Waals surface area contributed by atoms with Crippen LogP contribution in [0.1, 0.15) is 44.1 Å². The number of nitrogens with one attached hydrogen (secondary N) is 1. The van der Waals surface area contributed by atoms with Crippen LogP contribution in [-0.4, -0.2) is 17.9 Å². The summed E-state index contributed by atoms with van der Waals surface area (Å²) in [7, 11) is 0. The number of rotatable bonds is 3. The Labute approximate surface area is 130 Å². The third-order valence-electron chi connectivity index (χ3n) is 4.92. The highest BCUT2D eigenvalue weighted by atomic mass is 35.5. The fourth-order valence-electron chi connectivity index (χ4n) is 3.72. The highest BCUT2D eigenvalue weighted by Gasteiger charge is 2.34. The molecule has 0 aromatic heterocycles. The summed E-state index contributed by atoms with van der Waals surface area (Å²) in [5.74, 6) is 0.442. The Morgan fingerprint density at radius 2 is 2.05 bits per heavy atom. The summed E-state index contributed by atoms with van der Waals surface area (Å²) in [5, 5.41) is 3.87. The van der Waals surface area contributed by atoms with Crippen LogP contribution in [0.4, 0.5) is 4.39 Å². The molecule has 2 nitrogen and oxygen atoms in total. The number of carbonyl (C=O) groups is 1. The lowest BCUT2D eigenvalue weighted by Crippen LogP contribution is -2.52. The molecule has 1 aromatic rings. The molecule has 1 aliphatic carbocycles. The van der Waals surface area contributed by atoms with Crippen LogP contribution in [0.2, 0.25) is 5.02 Å². The number of Topliss-reactive ketones (excluding diaryl/α,β-unsaturated/α-hetero) is 1. The van der Waals surface area contributed by atoms with Crippen molar-refractivity contribution in [3.05, 3.63) is 34.6 Å². The van der Waals surface area contributed by atoms with Crippen LogP contribution in [0.5, 0.6) is 0 Å². The smallest absolute Gasteiger partial charge is 0.154 e. The molecule has 1 aromatic carbocycles. The lowest BCUT2D eigenvalue weighted by Gasteiger charge is -2.40. The molecular weight excluding hydrogens is 289 g/mol. The minimum atomic E-state index is -0.387. The molecule has 114 valence electrons. The third kappa shape index (κ3) is 3.46. The summed E-state index contributed by atoms with van der Waals surface area (Å²) in [5.41, 5.74) is 0.442. The van der Waals surface area contributed by atoms with Gasteiger partial charge in [-0.05, 0) is 49.3 Å². The first-order valence-electron chi connectivity index (χ1n) is 7.86. The van der Waals surface area contributed by atoms with Crippen molar-refractivity contribution in [3.63, 3.8) is 0 Å². The predicted octanol–water partition coefficient (Wildman–Crippen LogP) is 3.90. The molecule has 1 heterocycles. The van der Waals surface area contributed by atoms with E-state index < -0.39 is 0 Å². The largest absolute Gasteiger partial charge is 0.304 e. The van der Waals surface area contributed by atoms with Gasteiger partial charge in [-0.2, -0.15) is 0 Å². The molecule has 1 aliphatic heterocycles. The van der Waals surface area contributed by atoms with E-state index in [1.165, 1.54) is 31.7 Å². The molecule has 21 heavy (non-hydrogen) atoms. The first kappa shape index (κ1) is 15.0. The normalized spacial score (nSPS) is 29.0. The SMILES string of the molecule is O=C(Cc1ccc(Cl)cc1F)C1CCC2CCCCC2N1. The molecule has 1 N–H and O–H groups in total. The number of hydrogen-bond acceptors (Lipinski definition) is 2. The molecule has 2 aliphatic rings. The highest BCUT2D eigenvalue weighted by molar-refractivity contribution is 6.30. The van der Waals surface area contributed by atoms with Crippen molar-refractivity contribution in [2.75, 3.05) is 0 Å². The summed E-state index contributed by atoms with van der Waals surface area (Å²) < 4.78 is 13.8. The first-order valence-corrected chi connectivity index (χ1v) is 8.24. The van der Waals surface area contributed by atoms with E-state index >= 15 is 0 Å².